The monoisotopic (exact) mass is 508 g/mol. The quantitative estimate of drug-likeness (QED) is 0.405. The molecule has 0 spiro atoms. The van der Waals surface area contributed by atoms with Crippen molar-refractivity contribution < 1.29 is 23.4 Å². The van der Waals surface area contributed by atoms with Crippen LogP contribution in [0.3, 0.4) is 0 Å². The number of carbonyl (C=O) groups is 1. The molecule has 2 aromatic carbocycles. The topological polar surface area (TPSA) is 99.5 Å². The van der Waals surface area contributed by atoms with Crippen LogP contribution in [-0.2, 0) is 13.1 Å². The van der Waals surface area contributed by atoms with Crippen LogP contribution in [0, 0.1) is 11.6 Å². The van der Waals surface area contributed by atoms with E-state index in [1.807, 2.05) is 12.1 Å². The predicted octanol–water partition coefficient (Wildman–Crippen LogP) is 4.71. The van der Waals surface area contributed by atoms with Crippen LogP contribution in [0.15, 0.2) is 36.4 Å². The molecule has 2 atom stereocenters. The molecule has 1 amide bonds. The van der Waals surface area contributed by atoms with Crippen LogP contribution in [0.2, 0.25) is 0 Å². The number of benzene rings is 2. The Hall–Kier alpha value is -3.99. The molecule has 1 saturated heterocycles. The van der Waals surface area contributed by atoms with E-state index in [1.54, 1.807) is 13.0 Å². The van der Waals surface area contributed by atoms with Crippen LogP contribution < -0.4 is 4.74 Å². The summed E-state index contributed by atoms with van der Waals surface area (Å²) in [6.45, 7) is 4.04. The van der Waals surface area contributed by atoms with Crippen molar-refractivity contribution in [3.05, 3.63) is 65.0 Å². The van der Waals surface area contributed by atoms with Crippen LogP contribution in [0.4, 0.5) is 13.6 Å². The zero-order valence-corrected chi connectivity index (χ0v) is 20.4. The molecule has 4 aromatic rings. The van der Waals surface area contributed by atoms with Gasteiger partial charge >= 0.3 is 6.09 Å². The lowest BCUT2D eigenvalue weighted by Gasteiger charge is -2.19. The summed E-state index contributed by atoms with van der Waals surface area (Å²) < 4.78 is 35.6. The highest BCUT2D eigenvalue weighted by atomic mass is 19.1. The molecule has 2 aliphatic rings. The number of aromatic nitrogens is 4. The second-order valence-electron chi connectivity index (χ2n) is 9.78. The zero-order chi connectivity index (χ0) is 25.8. The Kier molecular flexibility index (Phi) is 5.59. The number of hydrogen-bond acceptors (Lipinski definition) is 5. The van der Waals surface area contributed by atoms with E-state index in [-0.39, 0.29) is 19.1 Å². The van der Waals surface area contributed by atoms with Crippen molar-refractivity contribution in [1.82, 2.24) is 29.5 Å². The maximum Gasteiger partial charge on any atom is 0.408 e. The minimum Gasteiger partial charge on any atom is -0.486 e. The van der Waals surface area contributed by atoms with Crippen molar-refractivity contribution in [2.45, 2.75) is 38.6 Å². The number of nitrogens with zero attached hydrogens (tertiary/aromatic N) is 5. The third kappa shape index (κ3) is 4.18. The molecule has 1 fully saturated rings. The van der Waals surface area contributed by atoms with Gasteiger partial charge < -0.3 is 19.3 Å². The number of nitrogens with one attached hydrogen (secondary N) is 1. The Morgan fingerprint density at radius 3 is 2.68 bits per heavy atom. The summed E-state index contributed by atoms with van der Waals surface area (Å²) in [5.41, 5.74) is 3.48. The summed E-state index contributed by atoms with van der Waals surface area (Å²) in [4.78, 5) is 20.1. The summed E-state index contributed by atoms with van der Waals surface area (Å²) >= 11 is 0. The molecule has 2 aliphatic heterocycles. The van der Waals surface area contributed by atoms with Crippen molar-refractivity contribution in [3.63, 3.8) is 0 Å². The van der Waals surface area contributed by atoms with Gasteiger partial charge in [-0.05, 0) is 62.8 Å². The van der Waals surface area contributed by atoms with E-state index in [0.717, 1.165) is 47.9 Å². The van der Waals surface area contributed by atoms with Crippen LogP contribution in [0.1, 0.15) is 42.4 Å². The van der Waals surface area contributed by atoms with E-state index in [4.69, 9.17) is 9.72 Å². The van der Waals surface area contributed by atoms with Crippen LogP contribution in [-0.4, -0.2) is 60.9 Å². The maximum atomic E-state index is 13.7. The molecule has 192 valence electrons. The van der Waals surface area contributed by atoms with Gasteiger partial charge in [0.25, 0.3) is 0 Å². The number of fused-ring (bicyclic) bond motifs is 2. The van der Waals surface area contributed by atoms with Crippen molar-refractivity contribution in [2.75, 3.05) is 20.1 Å². The smallest absolute Gasteiger partial charge is 0.408 e. The molecule has 0 radical (unpaired) electrons. The van der Waals surface area contributed by atoms with Crippen molar-refractivity contribution in [2.24, 2.45) is 0 Å². The number of amides is 1. The van der Waals surface area contributed by atoms with Gasteiger partial charge in [0.1, 0.15) is 29.2 Å². The van der Waals surface area contributed by atoms with E-state index >= 15 is 0 Å². The number of carboxylic acid groups (broad SMARTS) is 1. The lowest BCUT2D eigenvalue weighted by atomic mass is 10.1. The number of halogens is 2. The first-order chi connectivity index (χ1) is 17.8. The Bertz CT molecular complexity index is 1500. The molecule has 0 saturated carbocycles. The van der Waals surface area contributed by atoms with Gasteiger partial charge in [-0.15, -0.1) is 0 Å². The van der Waals surface area contributed by atoms with Gasteiger partial charge in [0.05, 0.1) is 30.0 Å². The van der Waals surface area contributed by atoms with Gasteiger partial charge in [0, 0.05) is 24.0 Å². The fraction of sp³-hybridized carbons (Fsp3) is 0.346. The molecular weight excluding hydrogens is 482 g/mol. The lowest BCUT2D eigenvalue weighted by molar-refractivity contribution is 0.144. The van der Waals surface area contributed by atoms with Gasteiger partial charge in [-0.1, -0.05) is 0 Å². The average molecular weight is 509 g/mol. The first-order valence-electron chi connectivity index (χ1n) is 12.1. The standard InChI is InChI=1S/C26H26F2N6O3/c1-14(15-7-16(27)9-17(28)8-15)37-19-3-4-21-20(10-19)24(31-30-21)25-29-22-12-33(26(35)36)13-23(22)34(25)18-5-6-32(2)11-18/h3-4,7-10,14,18H,5-6,11-13H2,1-2H3,(H,30,31)(H,35,36). The Labute approximate surface area is 211 Å². The number of H-pyrrole nitrogens is 1. The molecule has 2 aromatic heterocycles. The number of imidazole rings is 1. The second-order valence-corrected chi connectivity index (χ2v) is 9.78. The number of likely N-dealkylation sites (N-methyl/N-ethyl adjacent to an activating group) is 1. The molecule has 37 heavy (non-hydrogen) atoms. The summed E-state index contributed by atoms with van der Waals surface area (Å²) in [7, 11) is 2.07. The summed E-state index contributed by atoms with van der Waals surface area (Å²) in [5, 5.41) is 18.0. The molecular formula is C26H26F2N6O3. The van der Waals surface area contributed by atoms with E-state index in [1.165, 1.54) is 17.0 Å². The SMILES string of the molecule is CC(Oc1ccc2[nH]nc(-c3nc4c(n3C3CCN(C)C3)CN(C(=O)O)C4)c2c1)c1cc(F)cc(F)c1. The summed E-state index contributed by atoms with van der Waals surface area (Å²) in [6, 6.07) is 8.96. The Morgan fingerprint density at radius 1 is 1.19 bits per heavy atom. The second kappa shape index (κ2) is 8.84. The molecule has 4 heterocycles. The molecule has 0 aliphatic carbocycles. The van der Waals surface area contributed by atoms with Crippen molar-refractivity contribution in [3.8, 4) is 17.3 Å². The third-order valence-electron chi connectivity index (χ3n) is 7.19. The molecule has 2 unspecified atom stereocenters. The van der Waals surface area contributed by atoms with Crippen LogP contribution in [0.5, 0.6) is 5.75 Å². The Balaban J connectivity index is 1.38. The van der Waals surface area contributed by atoms with Crippen molar-refractivity contribution in [1.29, 1.82) is 0 Å². The minimum atomic E-state index is -0.964. The minimum absolute atomic E-state index is 0.152. The highest BCUT2D eigenvalue weighted by molar-refractivity contribution is 5.92. The van der Waals surface area contributed by atoms with E-state index in [2.05, 4.69) is 26.7 Å². The number of likely N-dealkylation sites (tertiary alicyclic amines) is 1. The molecule has 0 bridgehead atoms. The highest BCUT2D eigenvalue weighted by Crippen LogP contribution is 2.37. The van der Waals surface area contributed by atoms with Crippen LogP contribution in [0.25, 0.3) is 22.4 Å². The third-order valence-corrected chi connectivity index (χ3v) is 7.19. The zero-order valence-electron chi connectivity index (χ0n) is 20.4. The number of rotatable bonds is 5. The molecule has 2 N–H and O–H groups in total. The fourth-order valence-corrected chi connectivity index (χ4v) is 5.36. The number of ether oxygens (including phenoxy) is 1. The van der Waals surface area contributed by atoms with Gasteiger partial charge in [0.2, 0.25) is 0 Å². The first-order valence-corrected chi connectivity index (χ1v) is 12.1. The predicted molar refractivity (Wildman–Crippen MR) is 131 cm³/mol. The lowest BCUT2D eigenvalue weighted by Crippen LogP contribution is -2.25. The van der Waals surface area contributed by atoms with E-state index in [0.29, 0.717) is 22.8 Å². The first kappa shape index (κ1) is 23.4. The highest BCUT2D eigenvalue weighted by Gasteiger charge is 2.35. The number of aromatic amines is 1. The molecule has 9 nitrogen and oxygen atoms in total. The van der Waals surface area contributed by atoms with Gasteiger partial charge in [-0.25, -0.2) is 18.6 Å². The largest absolute Gasteiger partial charge is 0.486 e. The van der Waals surface area contributed by atoms with Gasteiger partial charge in [-0.2, -0.15) is 5.10 Å². The molecule has 11 heteroatoms. The summed E-state index contributed by atoms with van der Waals surface area (Å²) in [6.07, 6.45) is -0.619. The van der Waals surface area contributed by atoms with Gasteiger partial charge in [0.15, 0.2) is 5.82 Å². The van der Waals surface area contributed by atoms with Crippen LogP contribution >= 0.6 is 0 Å². The normalized spacial score (nSPS) is 18.5. The average Bonchev–Trinajstić information content (AvgIpc) is 3.60. The van der Waals surface area contributed by atoms with E-state index in [9.17, 15) is 18.7 Å². The fourth-order valence-electron chi connectivity index (χ4n) is 5.36. The summed E-state index contributed by atoms with van der Waals surface area (Å²) in [5.74, 6) is -0.0940. The van der Waals surface area contributed by atoms with Crippen molar-refractivity contribution >= 4 is 17.0 Å². The Morgan fingerprint density at radius 2 is 1.97 bits per heavy atom. The maximum absolute atomic E-state index is 13.7. The molecule has 6 rings (SSSR count). The number of hydrogen-bond donors (Lipinski definition) is 2. The van der Waals surface area contributed by atoms with Gasteiger partial charge in [-0.3, -0.25) is 10.00 Å². The van der Waals surface area contributed by atoms with E-state index < -0.39 is 23.8 Å².